The predicted octanol–water partition coefficient (Wildman–Crippen LogP) is 1.88. The standard InChI is InChI=1S/C6H8F3N3/c1-4(2)12-10-3-5(11-12)6(7,8)9/h3-4H,1-2H3. The van der Waals surface area contributed by atoms with Gasteiger partial charge in [-0.3, -0.25) is 0 Å². The third-order valence-electron chi connectivity index (χ3n) is 1.26. The van der Waals surface area contributed by atoms with Crippen LogP contribution in [-0.2, 0) is 6.18 Å². The fraction of sp³-hybridized carbons (Fsp3) is 0.667. The van der Waals surface area contributed by atoms with Crippen molar-refractivity contribution in [1.82, 2.24) is 15.0 Å². The summed E-state index contributed by atoms with van der Waals surface area (Å²) in [4.78, 5) is 1.03. The molecule has 1 heterocycles. The van der Waals surface area contributed by atoms with Crippen LogP contribution in [0, 0.1) is 0 Å². The van der Waals surface area contributed by atoms with Crippen molar-refractivity contribution in [2.75, 3.05) is 0 Å². The molecule has 0 atom stereocenters. The summed E-state index contributed by atoms with van der Waals surface area (Å²) < 4.78 is 35.8. The molecule has 1 aromatic rings. The molecule has 68 valence electrons. The van der Waals surface area contributed by atoms with Crippen molar-refractivity contribution in [1.29, 1.82) is 0 Å². The van der Waals surface area contributed by atoms with E-state index in [0.717, 1.165) is 11.0 Å². The molecule has 3 nitrogen and oxygen atoms in total. The summed E-state index contributed by atoms with van der Waals surface area (Å²) in [5, 5.41) is 6.73. The maximum Gasteiger partial charge on any atom is 0.436 e. The van der Waals surface area contributed by atoms with E-state index in [9.17, 15) is 13.2 Å². The maximum absolute atomic E-state index is 11.9. The number of hydrogen-bond acceptors (Lipinski definition) is 2. The normalized spacial score (nSPS) is 12.5. The third kappa shape index (κ3) is 1.75. The first kappa shape index (κ1) is 9.02. The van der Waals surface area contributed by atoms with Gasteiger partial charge in [0.15, 0.2) is 5.69 Å². The number of aromatic nitrogens is 3. The second-order valence-electron chi connectivity index (χ2n) is 2.64. The van der Waals surface area contributed by atoms with Crippen molar-refractivity contribution in [3.63, 3.8) is 0 Å². The SMILES string of the molecule is CC(C)n1ncc(C(F)(F)F)n1. The van der Waals surface area contributed by atoms with Crippen LogP contribution in [0.5, 0.6) is 0 Å². The number of nitrogens with zero attached hydrogens (tertiary/aromatic N) is 3. The van der Waals surface area contributed by atoms with E-state index in [1.807, 2.05) is 0 Å². The second-order valence-corrected chi connectivity index (χ2v) is 2.64. The summed E-state index contributed by atoms with van der Waals surface area (Å²) in [6, 6.07) is -0.152. The molecule has 0 amide bonds. The van der Waals surface area contributed by atoms with Crippen molar-refractivity contribution in [2.45, 2.75) is 26.1 Å². The summed E-state index contributed by atoms with van der Waals surface area (Å²) in [7, 11) is 0. The van der Waals surface area contributed by atoms with Gasteiger partial charge < -0.3 is 0 Å². The number of halogens is 3. The highest BCUT2D eigenvalue weighted by atomic mass is 19.4. The van der Waals surface area contributed by atoms with Gasteiger partial charge in [-0.05, 0) is 13.8 Å². The molecular weight excluding hydrogens is 171 g/mol. The Morgan fingerprint density at radius 3 is 2.25 bits per heavy atom. The maximum atomic E-state index is 11.9. The number of alkyl halides is 3. The largest absolute Gasteiger partial charge is 0.436 e. The first-order valence-corrected chi connectivity index (χ1v) is 3.40. The van der Waals surface area contributed by atoms with Crippen LogP contribution in [0.1, 0.15) is 25.6 Å². The molecule has 6 heteroatoms. The van der Waals surface area contributed by atoms with Gasteiger partial charge in [-0.25, -0.2) is 0 Å². The zero-order valence-electron chi connectivity index (χ0n) is 6.63. The minimum absolute atomic E-state index is 0.152. The molecule has 1 rings (SSSR count). The minimum atomic E-state index is -4.40. The van der Waals surface area contributed by atoms with Crippen LogP contribution in [0.2, 0.25) is 0 Å². The number of hydrogen-bond donors (Lipinski definition) is 0. The van der Waals surface area contributed by atoms with E-state index in [4.69, 9.17) is 0 Å². The van der Waals surface area contributed by atoms with Gasteiger partial charge in [0.05, 0.1) is 12.2 Å². The quantitative estimate of drug-likeness (QED) is 0.658. The van der Waals surface area contributed by atoms with Crippen LogP contribution in [0.4, 0.5) is 13.2 Å². The van der Waals surface area contributed by atoms with Crippen molar-refractivity contribution in [2.24, 2.45) is 0 Å². The van der Waals surface area contributed by atoms with Gasteiger partial charge in [0.2, 0.25) is 0 Å². The topological polar surface area (TPSA) is 30.7 Å². The first-order valence-electron chi connectivity index (χ1n) is 3.40. The molecule has 0 radical (unpaired) electrons. The Bertz CT molecular complexity index is 263. The minimum Gasteiger partial charge on any atom is -0.182 e. The highest BCUT2D eigenvalue weighted by Crippen LogP contribution is 2.26. The average molecular weight is 179 g/mol. The summed E-state index contributed by atoms with van der Waals surface area (Å²) in [5.41, 5.74) is -0.948. The smallest absolute Gasteiger partial charge is 0.182 e. The molecule has 0 bridgehead atoms. The average Bonchev–Trinajstić information content (AvgIpc) is 2.30. The van der Waals surface area contributed by atoms with Gasteiger partial charge in [0.25, 0.3) is 0 Å². The van der Waals surface area contributed by atoms with Gasteiger partial charge in [0, 0.05) is 0 Å². The van der Waals surface area contributed by atoms with Gasteiger partial charge >= 0.3 is 6.18 Å². The molecule has 0 saturated carbocycles. The lowest BCUT2D eigenvalue weighted by Gasteiger charge is -2.02. The van der Waals surface area contributed by atoms with Crippen molar-refractivity contribution in [3.05, 3.63) is 11.9 Å². The lowest BCUT2D eigenvalue weighted by Crippen LogP contribution is -2.09. The monoisotopic (exact) mass is 179 g/mol. The van der Waals surface area contributed by atoms with Crippen LogP contribution in [-0.4, -0.2) is 15.0 Å². The van der Waals surface area contributed by atoms with Crippen LogP contribution in [0.25, 0.3) is 0 Å². The molecular formula is C6H8F3N3. The summed E-state index contributed by atoms with van der Waals surface area (Å²) in [5.74, 6) is 0. The Hall–Kier alpha value is -1.07. The van der Waals surface area contributed by atoms with Gasteiger partial charge in [-0.2, -0.15) is 23.1 Å². The number of rotatable bonds is 1. The van der Waals surface area contributed by atoms with Crippen molar-refractivity contribution >= 4 is 0 Å². The fourth-order valence-corrected chi connectivity index (χ4v) is 0.655. The lowest BCUT2D eigenvalue weighted by molar-refractivity contribution is -0.141. The van der Waals surface area contributed by atoms with E-state index in [1.165, 1.54) is 0 Å². The van der Waals surface area contributed by atoms with E-state index < -0.39 is 11.9 Å². The molecule has 1 aromatic heterocycles. The molecule has 0 fully saturated rings. The molecule has 0 N–H and O–H groups in total. The second kappa shape index (κ2) is 2.76. The van der Waals surface area contributed by atoms with Crippen LogP contribution in [0.15, 0.2) is 6.20 Å². The summed E-state index contributed by atoms with van der Waals surface area (Å²) in [6.07, 6.45) is -3.67. The third-order valence-corrected chi connectivity index (χ3v) is 1.26. The predicted molar refractivity (Wildman–Crippen MR) is 35.4 cm³/mol. The van der Waals surface area contributed by atoms with Crippen LogP contribution in [0.3, 0.4) is 0 Å². The first-order chi connectivity index (χ1) is 5.41. The van der Waals surface area contributed by atoms with Crippen molar-refractivity contribution in [3.8, 4) is 0 Å². The zero-order chi connectivity index (χ0) is 9.35. The zero-order valence-corrected chi connectivity index (χ0v) is 6.63. The van der Waals surface area contributed by atoms with Crippen LogP contribution < -0.4 is 0 Å². The lowest BCUT2D eigenvalue weighted by atomic mass is 10.4. The van der Waals surface area contributed by atoms with E-state index in [2.05, 4.69) is 10.2 Å². The molecule has 0 aliphatic heterocycles. The highest BCUT2D eigenvalue weighted by molar-refractivity contribution is 4.96. The molecule has 0 aromatic carbocycles. The Kier molecular flexibility index (Phi) is 2.08. The molecule has 0 aliphatic rings. The fourth-order valence-electron chi connectivity index (χ4n) is 0.655. The van der Waals surface area contributed by atoms with Crippen molar-refractivity contribution < 1.29 is 13.2 Å². The molecule has 12 heavy (non-hydrogen) atoms. The summed E-state index contributed by atoms with van der Waals surface area (Å²) in [6.45, 7) is 3.42. The Morgan fingerprint density at radius 1 is 1.42 bits per heavy atom. The van der Waals surface area contributed by atoms with Gasteiger partial charge in [0.1, 0.15) is 0 Å². The van der Waals surface area contributed by atoms with Crippen LogP contribution >= 0.6 is 0 Å². The Morgan fingerprint density at radius 2 is 2.00 bits per heavy atom. The van der Waals surface area contributed by atoms with E-state index >= 15 is 0 Å². The van der Waals surface area contributed by atoms with E-state index in [1.54, 1.807) is 13.8 Å². The highest BCUT2D eigenvalue weighted by Gasteiger charge is 2.34. The molecule has 0 saturated heterocycles. The van der Waals surface area contributed by atoms with Gasteiger partial charge in [-0.1, -0.05) is 0 Å². The Labute approximate surface area is 67.2 Å². The van der Waals surface area contributed by atoms with E-state index in [0.29, 0.717) is 0 Å². The summed E-state index contributed by atoms with van der Waals surface area (Å²) >= 11 is 0. The molecule has 0 unspecified atom stereocenters. The molecule has 0 spiro atoms. The molecule has 0 aliphatic carbocycles. The van der Waals surface area contributed by atoms with E-state index in [-0.39, 0.29) is 6.04 Å². The van der Waals surface area contributed by atoms with Gasteiger partial charge in [-0.15, -0.1) is 5.10 Å². The Balaban J connectivity index is 2.92.